The van der Waals surface area contributed by atoms with Crippen LogP contribution in [-0.2, 0) is 38.4 Å². The molecule has 12 heteroatoms. The van der Waals surface area contributed by atoms with E-state index in [1.807, 2.05) is 13.8 Å². The molecule has 2 radical (unpaired) electrons. The van der Waals surface area contributed by atoms with Gasteiger partial charge in [0.15, 0.2) is 13.8 Å². The first-order valence-corrected chi connectivity index (χ1v) is 18.0. The molecule has 0 heterocycles. The summed E-state index contributed by atoms with van der Waals surface area (Å²) in [5.41, 5.74) is 1.10. The number of Topliss-reactive ketones (excluding diaryl/α,β-unsaturated/α-hetero) is 2. The highest BCUT2D eigenvalue weighted by Gasteiger charge is 2.39. The third kappa shape index (κ3) is 39.2. The molecular weight excluding hydrogens is 595 g/mol. The van der Waals surface area contributed by atoms with Crippen LogP contribution in [0.3, 0.4) is 0 Å². The minimum Gasteiger partial charge on any atom is -0.359 e. The number of nitrogens with zero attached hydrogens (tertiary/aromatic N) is 1. The Hall–Kier alpha value is -0.885. The van der Waals surface area contributed by atoms with Crippen molar-refractivity contribution >= 4 is 29.4 Å². The number of nitrogens with one attached hydrogen (secondary N) is 1. The van der Waals surface area contributed by atoms with Crippen LogP contribution in [0.2, 0.25) is 0 Å². The van der Waals surface area contributed by atoms with Crippen molar-refractivity contribution in [3.05, 3.63) is 0 Å². The van der Waals surface area contributed by atoms with E-state index in [1.165, 1.54) is 52.2 Å². The average molecular weight is 667 g/mol. The minimum absolute atomic E-state index is 0.0625. The van der Waals surface area contributed by atoms with Gasteiger partial charge in [0, 0.05) is 47.3 Å². The quantitative estimate of drug-likeness (QED) is 0.134. The van der Waals surface area contributed by atoms with Gasteiger partial charge in [-0.15, -0.1) is 0 Å². The predicted molar refractivity (Wildman–Crippen MR) is 188 cm³/mol. The van der Waals surface area contributed by atoms with E-state index in [1.54, 1.807) is 33.3 Å². The summed E-state index contributed by atoms with van der Waals surface area (Å²) in [5, 5.41) is 3.47. The Balaban J connectivity index is -0.000000246. The van der Waals surface area contributed by atoms with Crippen LogP contribution in [0.5, 0.6) is 0 Å². The number of carbonyl (C=O) groups excluding carboxylic acids is 2. The lowest BCUT2D eigenvalue weighted by Crippen LogP contribution is -2.43. The molecule has 1 aliphatic rings. The number of hydrogen-bond acceptors (Lipinski definition) is 10. The summed E-state index contributed by atoms with van der Waals surface area (Å²) in [6.07, 6.45) is 10.2. The lowest BCUT2D eigenvalue weighted by Gasteiger charge is -2.47. The summed E-state index contributed by atoms with van der Waals surface area (Å²) in [6, 6.07) is 0.732. The number of rotatable bonds is 15. The van der Waals surface area contributed by atoms with Crippen molar-refractivity contribution in [2.75, 3.05) is 67.4 Å². The zero-order valence-corrected chi connectivity index (χ0v) is 32.6. The maximum absolute atomic E-state index is 10.7. The van der Waals surface area contributed by atoms with Crippen LogP contribution >= 0.6 is 0 Å². The summed E-state index contributed by atoms with van der Waals surface area (Å²) >= 11 is 0. The smallest absolute Gasteiger partial charge is 0.182 e. The van der Waals surface area contributed by atoms with E-state index in [9.17, 15) is 18.0 Å². The SMILES string of the molecule is CC(=O)CC(C)=O.CCCC1(C)CC(NC)CC(C)(C)C1.COC(C)(C)OC.COCOC.[B]N(CCCC)CCS(C)(=O)=O. The van der Waals surface area contributed by atoms with Crippen LogP contribution in [0, 0.1) is 10.8 Å². The molecule has 10 nitrogen and oxygen atoms in total. The zero-order valence-electron chi connectivity index (χ0n) is 31.8. The zero-order chi connectivity index (χ0) is 36.3. The molecule has 0 amide bonds. The van der Waals surface area contributed by atoms with E-state index in [4.69, 9.17) is 17.5 Å². The van der Waals surface area contributed by atoms with Gasteiger partial charge >= 0.3 is 0 Å². The molecule has 45 heavy (non-hydrogen) atoms. The molecule has 0 aromatic rings. The van der Waals surface area contributed by atoms with Crippen LogP contribution < -0.4 is 5.32 Å². The number of carbonyl (C=O) groups is 2. The van der Waals surface area contributed by atoms with Crippen LogP contribution in [-0.4, -0.2) is 112 Å². The Morgan fingerprint density at radius 2 is 1.42 bits per heavy atom. The van der Waals surface area contributed by atoms with E-state index < -0.39 is 15.6 Å². The van der Waals surface area contributed by atoms with Crippen LogP contribution in [0.25, 0.3) is 0 Å². The number of ketones is 2. The summed E-state index contributed by atoms with van der Waals surface area (Å²) in [4.78, 5) is 21.6. The third-order valence-corrected chi connectivity index (χ3v) is 7.89. The topological polar surface area (TPSA) is 120 Å². The molecule has 0 spiro atoms. The van der Waals surface area contributed by atoms with Gasteiger partial charge in [-0.2, -0.15) is 0 Å². The number of unbranched alkanes of at least 4 members (excludes halogenated alkanes) is 1. The standard InChI is InChI=1S/C13H27N.C7H16BNO2S.C5H12O2.C5H8O2.C3H8O2/c1-6-7-13(4)9-11(14-5)8-12(2,3)10-13;1-3-4-5-9(8)6-7-12(2,10)11;1-5(2,6-3)7-4;1-4(6)3-5(2)7;1-4-3-5-2/h11,14H,6-10H2,1-5H3;3-7H2,1-2H3;1-4H3;3H2,1-2H3;3H2,1-2H3. The highest BCUT2D eigenvalue weighted by molar-refractivity contribution is 7.90. The Morgan fingerprint density at radius 1 is 0.933 bits per heavy atom. The minimum atomic E-state index is -2.87. The molecule has 1 fully saturated rings. The molecule has 1 aliphatic carbocycles. The monoisotopic (exact) mass is 667 g/mol. The second-order valence-electron chi connectivity index (χ2n) is 13.4. The first-order chi connectivity index (χ1) is 20.5. The second kappa shape index (κ2) is 28.2. The lowest BCUT2D eigenvalue weighted by atomic mass is 9.61. The predicted octanol–water partition coefficient (Wildman–Crippen LogP) is 5.61. The number of methoxy groups -OCH3 is 4. The van der Waals surface area contributed by atoms with Crippen molar-refractivity contribution in [2.45, 2.75) is 126 Å². The molecule has 0 aromatic carbocycles. The van der Waals surface area contributed by atoms with Crippen LogP contribution in [0.4, 0.5) is 0 Å². The van der Waals surface area contributed by atoms with Gasteiger partial charge in [0.1, 0.15) is 28.2 Å². The van der Waals surface area contributed by atoms with Crippen molar-refractivity contribution < 1.29 is 37.0 Å². The van der Waals surface area contributed by atoms with Gasteiger partial charge in [0.05, 0.1) is 12.2 Å². The molecule has 0 bridgehead atoms. The molecular formula is C33H71BN2O8S. The fourth-order valence-corrected chi connectivity index (χ4v) is 5.51. The molecule has 270 valence electrons. The van der Waals surface area contributed by atoms with Gasteiger partial charge in [-0.05, 0) is 84.2 Å². The first-order valence-electron chi connectivity index (χ1n) is 15.9. The van der Waals surface area contributed by atoms with Gasteiger partial charge in [-0.25, -0.2) is 8.42 Å². The molecule has 0 aliphatic heterocycles. The molecule has 2 atom stereocenters. The van der Waals surface area contributed by atoms with E-state index >= 15 is 0 Å². The Labute approximate surface area is 279 Å². The lowest BCUT2D eigenvalue weighted by molar-refractivity contribution is -0.178. The Bertz CT molecular complexity index is 821. The molecule has 1 rings (SSSR count). The van der Waals surface area contributed by atoms with Crippen LogP contribution in [0.15, 0.2) is 0 Å². The number of sulfone groups is 1. The van der Waals surface area contributed by atoms with Crippen molar-refractivity contribution in [3.8, 4) is 0 Å². The van der Waals surface area contributed by atoms with Gasteiger partial charge < -0.3 is 29.1 Å². The maximum atomic E-state index is 10.7. The molecule has 0 aromatic heterocycles. The van der Waals surface area contributed by atoms with Gasteiger partial charge in [-0.3, -0.25) is 9.59 Å². The van der Waals surface area contributed by atoms with Crippen LogP contribution in [0.1, 0.15) is 114 Å². The molecule has 0 saturated heterocycles. The fourth-order valence-electron chi connectivity index (χ4n) is 4.94. The Kier molecular flexibility index (Phi) is 31.9. The van der Waals surface area contributed by atoms with Crippen molar-refractivity contribution in [1.82, 2.24) is 10.1 Å². The Morgan fingerprint density at radius 3 is 1.69 bits per heavy atom. The number of hydrogen-bond donors (Lipinski definition) is 1. The highest BCUT2D eigenvalue weighted by atomic mass is 32.2. The second-order valence-corrected chi connectivity index (χ2v) is 15.7. The molecule has 2 unspecified atom stereocenters. The highest BCUT2D eigenvalue weighted by Crippen LogP contribution is 2.48. The molecule has 1 N–H and O–H groups in total. The maximum Gasteiger partial charge on any atom is 0.182 e. The molecule has 1 saturated carbocycles. The number of ether oxygens (including phenoxy) is 4. The van der Waals surface area contributed by atoms with Crippen molar-refractivity contribution in [3.63, 3.8) is 0 Å². The summed E-state index contributed by atoms with van der Waals surface area (Å²) < 4.78 is 40.1. The van der Waals surface area contributed by atoms with E-state index in [0.717, 1.165) is 25.4 Å². The van der Waals surface area contributed by atoms with Crippen molar-refractivity contribution in [1.29, 1.82) is 0 Å². The van der Waals surface area contributed by atoms with E-state index in [0.29, 0.717) is 24.2 Å². The largest absolute Gasteiger partial charge is 0.359 e. The van der Waals surface area contributed by atoms with Crippen molar-refractivity contribution in [2.24, 2.45) is 10.8 Å². The summed E-state index contributed by atoms with van der Waals surface area (Å²) in [5.74, 6) is -0.396. The third-order valence-electron chi connectivity index (χ3n) is 6.97. The normalized spacial score (nSPS) is 18.9. The average Bonchev–Trinajstić information content (AvgIpc) is 2.90. The fraction of sp³-hybridized carbons (Fsp3) is 0.939. The summed E-state index contributed by atoms with van der Waals surface area (Å²) in [6.45, 7) is 19.8. The van der Waals surface area contributed by atoms with Gasteiger partial charge in [0.25, 0.3) is 0 Å². The summed E-state index contributed by atoms with van der Waals surface area (Å²) in [7, 11) is 11.2. The first kappa shape index (κ1) is 51.0. The van der Waals surface area contributed by atoms with E-state index in [2.05, 4.69) is 56.5 Å². The van der Waals surface area contributed by atoms with Gasteiger partial charge in [-0.1, -0.05) is 47.5 Å². The van der Waals surface area contributed by atoms with Gasteiger partial charge in [0.2, 0.25) is 0 Å². The van der Waals surface area contributed by atoms with E-state index in [-0.39, 0.29) is 23.7 Å².